The molecule has 1 heterocycles. The van der Waals surface area contributed by atoms with E-state index in [2.05, 4.69) is 0 Å². The molecular formula is C8H13NO4. The van der Waals surface area contributed by atoms with Crippen LogP contribution in [0.5, 0.6) is 0 Å². The van der Waals surface area contributed by atoms with Gasteiger partial charge in [-0.25, -0.2) is 4.79 Å². The summed E-state index contributed by atoms with van der Waals surface area (Å²) < 4.78 is 5.04. The zero-order chi connectivity index (χ0) is 10.1. The fourth-order valence-electron chi connectivity index (χ4n) is 1.39. The van der Waals surface area contributed by atoms with Crippen molar-refractivity contribution in [3.05, 3.63) is 0 Å². The Labute approximate surface area is 76.3 Å². The Morgan fingerprint density at radius 3 is 2.77 bits per heavy atom. The summed E-state index contributed by atoms with van der Waals surface area (Å²) in [6.07, 6.45) is 0.00337. The molecule has 5 nitrogen and oxygen atoms in total. The fourth-order valence-corrected chi connectivity index (χ4v) is 1.39. The molecule has 74 valence electrons. The van der Waals surface area contributed by atoms with Crippen molar-refractivity contribution in [3.8, 4) is 0 Å². The van der Waals surface area contributed by atoms with Crippen LogP contribution in [-0.4, -0.2) is 41.3 Å². The molecule has 1 aliphatic heterocycles. The molecule has 0 radical (unpaired) electrons. The first-order valence-electron chi connectivity index (χ1n) is 4.09. The first kappa shape index (κ1) is 9.83. The molecule has 1 aliphatic rings. The zero-order valence-corrected chi connectivity index (χ0v) is 7.74. The van der Waals surface area contributed by atoms with Gasteiger partial charge in [-0.3, -0.25) is 4.79 Å². The molecule has 0 spiro atoms. The SMILES string of the molecule is CN1CC(C)(CCC(=O)O)OC1=O. The van der Waals surface area contributed by atoms with E-state index in [4.69, 9.17) is 9.84 Å². The van der Waals surface area contributed by atoms with E-state index >= 15 is 0 Å². The Morgan fingerprint density at radius 2 is 2.38 bits per heavy atom. The van der Waals surface area contributed by atoms with Crippen LogP contribution in [-0.2, 0) is 9.53 Å². The van der Waals surface area contributed by atoms with Gasteiger partial charge < -0.3 is 14.7 Å². The predicted octanol–water partition coefficient (Wildman–Crippen LogP) is 0.692. The Balaban J connectivity index is 2.49. The van der Waals surface area contributed by atoms with E-state index in [-0.39, 0.29) is 12.5 Å². The number of nitrogens with zero attached hydrogens (tertiary/aromatic N) is 1. The van der Waals surface area contributed by atoms with Gasteiger partial charge in [-0.15, -0.1) is 0 Å². The lowest BCUT2D eigenvalue weighted by molar-refractivity contribution is -0.138. The van der Waals surface area contributed by atoms with Crippen LogP contribution in [0, 0.1) is 0 Å². The van der Waals surface area contributed by atoms with Crippen LogP contribution < -0.4 is 0 Å². The lowest BCUT2D eigenvalue weighted by Gasteiger charge is -2.19. The highest BCUT2D eigenvalue weighted by atomic mass is 16.6. The molecule has 13 heavy (non-hydrogen) atoms. The van der Waals surface area contributed by atoms with Crippen molar-refractivity contribution in [2.45, 2.75) is 25.4 Å². The molecule has 1 unspecified atom stereocenters. The lowest BCUT2D eigenvalue weighted by atomic mass is 10.0. The Kier molecular flexibility index (Phi) is 2.45. The van der Waals surface area contributed by atoms with Crippen LogP contribution >= 0.6 is 0 Å². The molecule has 1 saturated heterocycles. The van der Waals surface area contributed by atoms with Gasteiger partial charge in [-0.1, -0.05) is 0 Å². The van der Waals surface area contributed by atoms with Crippen molar-refractivity contribution in [1.29, 1.82) is 0 Å². The fraction of sp³-hybridized carbons (Fsp3) is 0.750. The topological polar surface area (TPSA) is 66.8 Å². The molecule has 0 saturated carbocycles. The third-order valence-electron chi connectivity index (χ3n) is 2.08. The second kappa shape index (κ2) is 3.24. The molecule has 1 fully saturated rings. The Hall–Kier alpha value is -1.26. The number of hydrogen-bond acceptors (Lipinski definition) is 3. The molecule has 0 aromatic rings. The van der Waals surface area contributed by atoms with E-state index in [9.17, 15) is 9.59 Å². The second-order valence-electron chi connectivity index (χ2n) is 3.57. The summed E-state index contributed by atoms with van der Waals surface area (Å²) in [7, 11) is 1.63. The van der Waals surface area contributed by atoms with Gasteiger partial charge in [0.15, 0.2) is 0 Å². The molecule has 0 bridgehead atoms. The number of amides is 1. The number of carbonyl (C=O) groups excluding carboxylic acids is 1. The number of rotatable bonds is 3. The summed E-state index contributed by atoms with van der Waals surface area (Å²) in [5, 5.41) is 8.47. The van der Waals surface area contributed by atoms with Gasteiger partial charge in [0.05, 0.1) is 6.54 Å². The molecule has 1 amide bonds. The molecule has 1 rings (SSSR count). The summed E-state index contributed by atoms with van der Waals surface area (Å²) in [4.78, 5) is 22.7. The average molecular weight is 187 g/mol. The second-order valence-corrected chi connectivity index (χ2v) is 3.57. The van der Waals surface area contributed by atoms with E-state index in [0.717, 1.165) is 0 Å². The summed E-state index contributed by atoms with van der Waals surface area (Å²) in [6, 6.07) is 0. The number of ether oxygens (including phenoxy) is 1. The largest absolute Gasteiger partial charge is 0.481 e. The van der Waals surface area contributed by atoms with Gasteiger partial charge in [0.2, 0.25) is 0 Å². The molecule has 1 N–H and O–H groups in total. The van der Waals surface area contributed by atoms with E-state index in [0.29, 0.717) is 13.0 Å². The number of hydrogen-bond donors (Lipinski definition) is 1. The van der Waals surface area contributed by atoms with Gasteiger partial charge >= 0.3 is 12.1 Å². The predicted molar refractivity (Wildman–Crippen MR) is 44.4 cm³/mol. The van der Waals surface area contributed by atoms with E-state index in [1.807, 2.05) is 0 Å². The maximum absolute atomic E-state index is 11.0. The third kappa shape index (κ3) is 2.34. The Morgan fingerprint density at radius 1 is 1.77 bits per heavy atom. The smallest absolute Gasteiger partial charge is 0.410 e. The van der Waals surface area contributed by atoms with Gasteiger partial charge in [0, 0.05) is 13.5 Å². The van der Waals surface area contributed by atoms with E-state index in [1.165, 1.54) is 4.90 Å². The van der Waals surface area contributed by atoms with Gasteiger partial charge in [0.1, 0.15) is 5.60 Å². The van der Waals surface area contributed by atoms with E-state index in [1.54, 1.807) is 14.0 Å². The highest BCUT2D eigenvalue weighted by Crippen LogP contribution is 2.25. The van der Waals surface area contributed by atoms with Gasteiger partial charge in [0.25, 0.3) is 0 Å². The van der Waals surface area contributed by atoms with Crippen molar-refractivity contribution in [2.75, 3.05) is 13.6 Å². The molecule has 5 heteroatoms. The number of likely N-dealkylation sites (N-methyl/N-ethyl adjacent to an activating group) is 1. The minimum absolute atomic E-state index is 0.0254. The molecule has 0 aromatic heterocycles. The first-order chi connectivity index (χ1) is 5.93. The Bertz CT molecular complexity index is 240. The normalized spacial score (nSPS) is 27.5. The third-order valence-corrected chi connectivity index (χ3v) is 2.08. The maximum Gasteiger partial charge on any atom is 0.410 e. The van der Waals surface area contributed by atoms with Crippen LogP contribution in [0.2, 0.25) is 0 Å². The molecule has 0 aromatic carbocycles. The number of carboxylic acid groups (broad SMARTS) is 1. The van der Waals surface area contributed by atoms with Crippen molar-refractivity contribution < 1.29 is 19.4 Å². The first-order valence-corrected chi connectivity index (χ1v) is 4.09. The summed E-state index contributed by atoms with van der Waals surface area (Å²) in [6.45, 7) is 2.20. The van der Waals surface area contributed by atoms with E-state index < -0.39 is 11.6 Å². The monoisotopic (exact) mass is 187 g/mol. The van der Waals surface area contributed by atoms with Gasteiger partial charge in [-0.2, -0.15) is 0 Å². The molecule has 0 aliphatic carbocycles. The number of carboxylic acids is 1. The van der Waals surface area contributed by atoms with Crippen molar-refractivity contribution in [1.82, 2.24) is 4.90 Å². The minimum Gasteiger partial charge on any atom is -0.481 e. The summed E-state index contributed by atoms with van der Waals surface area (Å²) >= 11 is 0. The quantitative estimate of drug-likeness (QED) is 0.706. The van der Waals surface area contributed by atoms with Crippen LogP contribution in [0.4, 0.5) is 4.79 Å². The number of cyclic esters (lactones) is 1. The average Bonchev–Trinajstić information content (AvgIpc) is 2.24. The maximum atomic E-state index is 11.0. The lowest BCUT2D eigenvalue weighted by Crippen LogP contribution is -2.30. The summed E-state index contributed by atoms with van der Waals surface area (Å²) in [5.41, 5.74) is -0.635. The van der Waals surface area contributed by atoms with Gasteiger partial charge in [-0.05, 0) is 13.3 Å². The van der Waals surface area contributed by atoms with Crippen molar-refractivity contribution >= 4 is 12.1 Å². The van der Waals surface area contributed by atoms with Crippen LogP contribution in [0.25, 0.3) is 0 Å². The van der Waals surface area contributed by atoms with Crippen LogP contribution in [0.3, 0.4) is 0 Å². The minimum atomic E-state index is -0.869. The number of aliphatic carboxylic acids is 1. The highest BCUT2D eigenvalue weighted by Gasteiger charge is 2.39. The van der Waals surface area contributed by atoms with Crippen LogP contribution in [0.1, 0.15) is 19.8 Å². The molecule has 1 atom stereocenters. The number of carbonyl (C=O) groups is 2. The van der Waals surface area contributed by atoms with Crippen molar-refractivity contribution in [2.24, 2.45) is 0 Å². The van der Waals surface area contributed by atoms with Crippen LogP contribution in [0.15, 0.2) is 0 Å². The highest BCUT2D eigenvalue weighted by molar-refractivity contribution is 5.71. The zero-order valence-electron chi connectivity index (χ0n) is 7.74. The summed E-state index contributed by atoms with van der Waals surface area (Å²) in [5.74, 6) is -0.869. The molecular weight excluding hydrogens is 174 g/mol. The van der Waals surface area contributed by atoms with Crippen molar-refractivity contribution in [3.63, 3.8) is 0 Å². The standard InChI is InChI=1S/C8H13NO4/c1-8(4-3-6(10)11)5-9(2)7(12)13-8/h3-5H2,1-2H3,(H,10,11).